The summed E-state index contributed by atoms with van der Waals surface area (Å²) in [4.78, 5) is 18.5. The fraction of sp³-hybridized carbons (Fsp3) is 0.750. The summed E-state index contributed by atoms with van der Waals surface area (Å²) in [5.74, 6) is 1.97. The molecule has 1 fully saturated rings. The van der Waals surface area contributed by atoms with Crippen LogP contribution in [0.5, 0.6) is 0 Å². The molecule has 1 aromatic rings. The predicted molar refractivity (Wildman–Crippen MR) is 83.7 cm³/mol. The Morgan fingerprint density at radius 3 is 2.86 bits per heavy atom. The molecule has 2 heterocycles. The number of imidazole rings is 1. The van der Waals surface area contributed by atoms with Crippen LogP contribution >= 0.6 is 0 Å². The number of likely N-dealkylation sites (tertiary alicyclic amines) is 1. The molecule has 2 atom stereocenters. The zero-order valence-electron chi connectivity index (χ0n) is 13.7. The Labute approximate surface area is 127 Å². The average molecular weight is 292 g/mol. The van der Waals surface area contributed by atoms with Crippen LogP contribution in [0.25, 0.3) is 0 Å². The minimum Gasteiger partial charge on any atom is -0.342 e. The van der Waals surface area contributed by atoms with Crippen LogP contribution in [0.2, 0.25) is 0 Å². The van der Waals surface area contributed by atoms with Crippen LogP contribution in [0.15, 0.2) is 12.4 Å². The maximum absolute atomic E-state index is 12.1. The molecule has 0 aliphatic carbocycles. The quantitative estimate of drug-likeness (QED) is 0.900. The molecule has 2 unspecified atom stereocenters. The minimum absolute atomic E-state index is 0.0968. The summed E-state index contributed by atoms with van der Waals surface area (Å²) in [6.07, 6.45) is 5.93. The lowest BCUT2D eigenvalue weighted by Crippen LogP contribution is -2.51. The molecule has 5 heteroatoms. The van der Waals surface area contributed by atoms with Gasteiger partial charge in [0.15, 0.2) is 0 Å². The molecule has 1 amide bonds. The second kappa shape index (κ2) is 7.07. The number of carbonyl (C=O) groups is 1. The molecule has 0 saturated carbocycles. The van der Waals surface area contributed by atoms with Crippen LogP contribution in [0.1, 0.15) is 39.4 Å². The molecular formula is C16H28N4O. The first-order valence-electron chi connectivity index (χ1n) is 8.01. The molecule has 1 saturated heterocycles. The Kier molecular flexibility index (Phi) is 5.39. The van der Waals surface area contributed by atoms with Gasteiger partial charge in [0.25, 0.3) is 0 Å². The highest BCUT2D eigenvalue weighted by Crippen LogP contribution is 2.22. The Morgan fingerprint density at radius 2 is 2.29 bits per heavy atom. The van der Waals surface area contributed by atoms with Gasteiger partial charge in [0.05, 0.1) is 6.54 Å². The summed E-state index contributed by atoms with van der Waals surface area (Å²) in [6, 6.07) is 0.475. The highest BCUT2D eigenvalue weighted by Gasteiger charge is 2.30. The third-order valence-corrected chi connectivity index (χ3v) is 4.51. The first kappa shape index (κ1) is 16.0. The number of carbonyl (C=O) groups excluding carboxylic acids is 1. The SMILES string of the molecule is CCC1CN(C(=O)C(C)C)CCC1NCc1nccn1C. The monoisotopic (exact) mass is 292 g/mol. The molecule has 118 valence electrons. The fourth-order valence-corrected chi connectivity index (χ4v) is 3.07. The van der Waals surface area contributed by atoms with Gasteiger partial charge in [0.1, 0.15) is 5.82 Å². The van der Waals surface area contributed by atoms with Crippen LogP contribution < -0.4 is 5.32 Å². The first-order valence-corrected chi connectivity index (χ1v) is 8.01. The molecule has 1 aliphatic rings. The van der Waals surface area contributed by atoms with Gasteiger partial charge in [0, 0.05) is 44.5 Å². The van der Waals surface area contributed by atoms with E-state index in [0.717, 1.165) is 38.3 Å². The Bertz CT molecular complexity index is 469. The van der Waals surface area contributed by atoms with Gasteiger partial charge in [-0.2, -0.15) is 0 Å². The fourth-order valence-electron chi connectivity index (χ4n) is 3.07. The Balaban J connectivity index is 1.90. The lowest BCUT2D eigenvalue weighted by Gasteiger charge is -2.39. The number of aromatic nitrogens is 2. The van der Waals surface area contributed by atoms with Gasteiger partial charge in [0.2, 0.25) is 5.91 Å². The Hall–Kier alpha value is -1.36. The van der Waals surface area contributed by atoms with E-state index in [1.165, 1.54) is 0 Å². The maximum Gasteiger partial charge on any atom is 0.225 e. The summed E-state index contributed by atoms with van der Waals surface area (Å²) >= 11 is 0. The summed E-state index contributed by atoms with van der Waals surface area (Å²) < 4.78 is 2.05. The van der Waals surface area contributed by atoms with E-state index in [2.05, 4.69) is 17.2 Å². The van der Waals surface area contributed by atoms with Crippen molar-refractivity contribution in [3.63, 3.8) is 0 Å². The van der Waals surface area contributed by atoms with Crippen molar-refractivity contribution < 1.29 is 4.79 Å². The van der Waals surface area contributed by atoms with Crippen molar-refractivity contribution in [2.45, 2.75) is 46.2 Å². The summed E-state index contributed by atoms with van der Waals surface area (Å²) in [5, 5.41) is 3.63. The molecule has 1 N–H and O–H groups in total. The van der Waals surface area contributed by atoms with Crippen LogP contribution in [-0.2, 0) is 18.4 Å². The summed E-state index contributed by atoms with van der Waals surface area (Å²) in [7, 11) is 2.02. The minimum atomic E-state index is 0.0968. The van der Waals surface area contributed by atoms with Gasteiger partial charge in [-0.1, -0.05) is 27.2 Å². The molecule has 2 rings (SSSR count). The van der Waals surface area contributed by atoms with E-state index in [1.807, 2.05) is 42.8 Å². The standard InChI is InChI=1S/C16H28N4O/c1-5-13-11-20(16(21)12(2)3)8-6-14(13)18-10-15-17-7-9-19(15)4/h7,9,12-14,18H,5-6,8,10-11H2,1-4H3. The van der Waals surface area contributed by atoms with E-state index in [0.29, 0.717) is 12.0 Å². The van der Waals surface area contributed by atoms with Gasteiger partial charge in [-0.05, 0) is 12.3 Å². The molecule has 0 aromatic carbocycles. The topological polar surface area (TPSA) is 50.2 Å². The molecule has 21 heavy (non-hydrogen) atoms. The summed E-state index contributed by atoms with van der Waals surface area (Å²) in [6.45, 7) is 8.72. The predicted octanol–water partition coefficient (Wildman–Crippen LogP) is 1.79. The number of piperidine rings is 1. The number of nitrogens with one attached hydrogen (secondary N) is 1. The van der Waals surface area contributed by atoms with Crippen molar-refractivity contribution in [2.24, 2.45) is 18.9 Å². The number of nitrogens with zero attached hydrogens (tertiary/aromatic N) is 3. The van der Waals surface area contributed by atoms with Crippen molar-refractivity contribution in [1.82, 2.24) is 19.8 Å². The van der Waals surface area contributed by atoms with Gasteiger partial charge >= 0.3 is 0 Å². The first-order chi connectivity index (χ1) is 10.0. The third-order valence-electron chi connectivity index (χ3n) is 4.51. The van der Waals surface area contributed by atoms with Crippen molar-refractivity contribution in [3.05, 3.63) is 18.2 Å². The van der Waals surface area contributed by atoms with Gasteiger partial charge in [-0.15, -0.1) is 0 Å². The van der Waals surface area contributed by atoms with E-state index < -0.39 is 0 Å². The van der Waals surface area contributed by atoms with Crippen molar-refractivity contribution in [3.8, 4) is 0 Å². The van der Waals surface area contributed by atoms with Gasteiger partial charge in [-0.25, -0.2) is 4.98 Å². The van der Waals surface area contributed by atoms with Crippen molar-refractivity contribution in [2.75, 3.05) is 13.1 Å². The highest BCUT2D eigenvalue weighted by molar-refractivity contribution is 5.78. The molecular weight excluding hydrogens is 264 g/mol. The maximum atomic E-state index is 12.1. The second-order valence-corrected chi connectivity index (χ2v) is 6.34. The molecule has 0 bridgehead atoms. The molecule has 1 aromatic heterocycles. The lowest BCUT2D eigenvalue weighted by atomic mass is 9.89. The van der Waals surface area contributed by atoms with Crippen molar-refractivity contribution in [1.29, 1.82) is 0 Å². The van der Waals surface area contributed by atoms with Crippen LogP contribution in [0.4, 0.5) is 0 Å². The number of aryl methyl sites for hydroxylation is 1. The number of hydrogen-bond donors (Lipinski definition) is 1. The highest BCUT2D eigenvalue weighted by atomic mass is 16.2. The average Bonchev–Trinajstić information content (AvgIpc) is 2.89. The van der Waals surface area contributed by atoms with E-state index in [9.17, 15) is 4.79 Å². The van der Waals surface area contributed by atoms with E-state index >= 15 is 0 Å². The smallest absolute Gasteiger partial charge is 0.225 e. The lowest BCUT2D eigenvalue weighted by molar-refractivity contribution is -0.136. The summed E-state index contributed by atoms with van der Waals surface area (Å²) in [5.41, 5.74) is 0. The molecule has 0 spiro atoms. The molecule has 1 aliphatic heterocycles. The normalized spacial score (nSPS) is 22.8. The second-order valence-electron chi connectivity index (χ2n) is 6.34. The number of rotatable bonds is 5. The van der Waals surface area contributed by atoms with Gasteiger partial charge in [-0.3, -0.25) is 4.79 Å². The van der Waals surface area contributed by atoms with Gasteiger partial charge < -0.3 is 14.8 Å². The third kappa shape index (κ3) is 3.84. The molecule has 5 nitrogen and oxygen atoms in total. The number of hydrogen-bond acceptors (Lipinski definition) is 3. The van der Waals surface area contributed by atoms with E-state index in [4.69, 9.17) is 0 Å². The largest absolute Gasteiger partial charge is 0.342 e. The van der Waals surface area contributed by atoms with Crippen LogP contribution in [0.3, 0.4) is 0 Å². The van der Waals surface area contributed by atoms with Crippen LogP contribution in [-0.4, -0.2) is 39.5 Å². The van der Waals surface area contributed by atoms with Crippen LogP contribution in [0, 0.1) is 11.8 Å². The zero-order valence-corrected chi connectivity index (χ0v) is 13.7. The number of amides is 1. The zero-order chi connectivity index (χ0) is 15.4. The van der Waals surface area contributed by atoms with E-state index in [1.54, 1.807) is 0 Å². The Morgan fingerprint density at radius 1 is 1.52 bits per heavy atom. The van der Waals surface area contributed by atoms with E-state index in [-0.39, 0.29) is 11.8 Å². The van der Waals surface area contributed by atoms with Crippen molar-refractivity contribution >= 4 is 5.91 Å². The molecule has 0 radical (unpaired) electrons.